The summed E-state index contributed by atoms with van der Waals surface area (Å²) in [5.41, 5.74) is 0.620. The molecule has 0 unspecified atom stereocenters. The zero-order valence-electron chi connectivity index (χ0n) is 15.0. The van der Waals surface area contributed by atoms with Crippen molar-refractivity contribution in [2.45, 2.75) is 17.9 Å². The third-order valence-electron chi connectivity index (χ3n) is 3.83. The molecule has 2 rings (SSSR count). The molecule has 9 heteroatoms. The lowest BCUT2D eigenvalue weighted by molar-refractivity contribution is -0.126. The van der Waals surface area contributed by atoms with E-state index < -0.39 is 28.0 Å². The van der Waals surface area contributed by atoms with Crippen LogP contribution >= 0.6 is 11.6 Å². The maximum atomic E-state index is 12.5. The highest BCUT2D eigenvalue weighted by Gasteiger charge is 2.24. The van der Waals surface area contributed by atoms with Crippen molar-refractivity contribution < 1.29 is 22.7 Å². The van der Waals surface area contributed by atoms with Crippen molar-refractivity contribution in [1.29, 1.82) is 0 Å². The summed E-state index contributed by atoms with van der Waals surface area (Å²) in [5, 5.41) is -0.0335. The summed E-state index contributed by atoms with van der Waals surface area (Å²) in [4.78, 5) is 25.9. The molecule has 2 aromatic carbocycles. The van der Waals surface area contributed by atoms with Gasteiger partial charge in [-0.15, -0.1) is 0 Å². The van der Waals surface area contributed by atoms with Crippen LogP contribution in [0.4, 0.5) is 5.69 Å². The molecule has 0 saturated carbocycles. The van der Waals surface area contributed by atoms with Gasteiger partial charge in [0.2, 0.25) is 10.0 Å². The Kier molecular flexibility index (Phi) is 6.59. The number of amides is 1. The van der Waals surface area contributed by atoms with Crippen LogP contribution in [0.25, 0.3) is 0 Å². The van der Waals surface area contributed by atoms with E-state index in [0.717, 1.165) is 6.07 Å². The summed E-state index contributed by atoms with van der Waals surface area (Å²) in [6.07, 6.45) is -1.07. The standard InChI is InChI=1S/C18H19ClN2O5S/c1-12(17(22)21(3)14-7-5-4-6-8-14)26-18(23)13-9-10-15(19)16(11-13)27(24,25)20-2/h4-12,20H,1-3H3/t12-/m1/s1. The number of benzene rings is 2. The van der Waals surface area contributed by atoms with Gasteiger partial charge in [-0.25, -0.2) is 17.9 Å². The highest BCUT2D eigenvalue weighted by molar-refractivity contribution is 7.89. The molecule has 0 aliphatic heterocycles. The highest BCUT2D eigenvalue weighted by Crippen LogP contribution is 2.23. The second-order valence-corrected chi connectivity index (χ2v) is 7.90. The average molecular weight is 411 g/mol. The van der Waals surface area contributed by atoms with Gasteiger partial charge >= 0.3 is 5.97 Å². The third-order valence-corrected chi connectivity index (χ3v) is 5.73. The molecule has 1 amide bonds. The van der Waals surface area contributed by atoms with Crippen LogP contribution in [0, 0.1) is 0 Å². The van der Waals surface area contributed by atoms with Crippen molar-refractivity contribution in [3.05, 3.63) is 59.1 Å². The van der Waals surface area contributed by atoms with Crippen LogP contribution in [0.15, 0.2) is 53.4 Å². The van der Waals surface area contributed by atoms with E-state index >= 15 is 0 Å². The van der Waals surface area contributed by atoms with Gasteiger partial charge in [0.25, 0.3) is 5.91 Å². The van der Waals surface area contributed by atoms with Crippen LogP contribution < -0.4 is 9.62 Å². The Morgan fingerprint density at radius 1 is 1.15 bits per heavy atom. The molecule has 0 saturated heterocycles. The molecule has 1 atom stereocenters. The number of hydrogen-bond donors (Lipinski definition) is 1. The van der Waals surface area contributed by atoms with Crippen LogP contribution in [-0.2, 0) is 19.6 Å². The van der Waals surface area contributed by atoms with E-state index in [4.69, 9.17) is 16.3 Å². The number of likely N-dealkylation sites (N-methyl/N-ethyl adjacent to an activating group) is 1. The Bertz CT molecular complexity index is 947. The Labute approximate surface area is 162 Å². The number of nitrogens with zero attached hydrogens (tertiary/aromatic N) is 1. The Morgan fingerprint density at radius 3 is 2.37 bits per heavy atom. The van der Waals surface area contributed by atoms with E-state index in [1.54, 1.807) is 31.3 Å². The van der Waals surface area contributed by atoms with Crippen molar-refractivity contribution in [3.8, 4) is 0 Å². The molecule has 0 radical (unpaired) electrons. The molecule has 1 N–H and O–H groups in total. The van der Waals surface area contributed by atoms with Crippen molar-refractivity contribution in [1.82, 2.24) is 4.72 Å². The lowest BCUT2D eigenvalue weighted by Gasteiger charge is -2.21. The number of esters is 1. The molecule has 0 aromatic heterocycles. The molecular weight excluding hydrogens is 392 g/mol. The Morgan fingerprint density at radius 2 is 1.78 bits per heavy atom. The Hall–Kier alpha value is -2.42. The number of ether oxygens (including phenoxy) is 1. The number of nitrogens with one attached hydrogen (secondary N) is 1. The summed E-state index contributed by atoms with van der Waals surface area (Å²) in [6, 6.07) is 12.6. The first-order chi connectivity index (χ1) is 12.7. The number of hydrogen-bond acceptors (Lipinski definition) is 5. The number of rotatable bonds is 6. The smallest absolute Gasteiger partial charge is 0.338 e. The van der Waals surface area contributed by atoms with Crippen LogP contribution in [0.3, 0.4) is 0 Å². The number of anilines is 1. The molecule has 0 heterocycles. The predicted molar refractivity (Wildman–Crippen MR) is 102 cm³/mol. The number of halogens is 1. The molecule has 0 spiro atoms. The molecule has 27 heavy (non-hydrogen) atoms. The van der Waals surface area contributed by atoms with E-state index in [2.05, 4.69) is 4.72 Å². The van der Waals surface area contributed by atoms with E-state index in [0.29, 0.717) is 5.69 Å². The predicted octanol–water partition coefficient (Wildman–Crippen LogP) is 2.46. The van der Waals surface area contributed by atoms with Gasteiger partial charge in [-0.05, 0) is 44.3 Å². The van der Waals surface area contributed by atoms with Gasteiger partial charge in [0.15, 0.2) is 6.10 Å². The SMILES string of the molecule is CNS(=O)(=O)c1cc(C(=O)O[C@H](C)C(=O)N(C)c2ccccc2)ccc1Cl. The van der Waals surface area contributed by atoms with E-state index in [1.165, 1.54) is 31.0 Å². The molecule has 0 fully saturated rings. The van der Waals surface area contributed by atoms with Gasteiger partial charge in [0, 0.05) is 12.7 Å². The van der Waals surface area contributed by atoms with Crippen molar-refractivity contribution in [2.24, 2.45) is 0 Å². The van der Waals surface area contributed by atoms with Crippen LogP contribution in [0.2, 0.25) is 5.02 Å². The van der Waals surface area contributed by atoms with E-state index in [1.807, 2.05) is 6.07 Å². The molecule has 0 aliphatic rings. The molecule has 2 aromatic rings. The molecule has 144 valence electrons. The first kappa shape index (κ1) is 20.9. The van der Waals surface area contributed by atoms with Crippen LogP contribution in [0.1, 0.15) is 17.3 Å². The molecular formula is C18H19ClN2O5S. The summed E-state index contributed by atoms with van der Waals surface area (Å²) in [6.45, 7) is 1.45. The quantitative estimate of drug-likeness (QED) is 0.738. The average Bonchev–Trinajstić information content (AvgIpc) is 2.67. The minimum atomic E-state index is -3.84. The second kappa shape index (κ2) is 8.51. The number of carbonyl (C=O) groups is 2. The normalized spacial score (nSPS) is 12.3. The van der Waals surface area contributed by atoms with Crippen molar-refractivity contribution in [2.75, 3.05) is 19.0 Å². The monoisotopic (exact) mass is 410 g/mol. The summed E-state index contributed by atoms with van der Waals surface area (Å²) < 4.78 is 31.3. The maximum Gasteiger partial charge on any atom is 0.338 e. The lowest BCUT2D eigenvalue weighted by atomic mass is 10.2. The fourth-order valence-corrected chi connectivity index (χ4v) is 3.53. The Balaban J connectivity index is 2.17. The van der Waals surface area contributed by atoms with Crippen LogP contribution in [-0.4, -0.2) is 40.5 Å². The zero-order chi connectivity index (χ0) is 20.2. The van der Waals surface area contributed by atoms with Gasteiger partial charge in [-0.3, -0.25) is 4.79 Å². The van der Waals surface area contributed by atoms with Crippen molar-refractivity contribution >= 4 is 39.2 Å². The van der Waals surface area contributed by atoms with Gasteiger partial charge in [0.1, 0.15) is 4.90 Å². The fraction of sp³-hybridized carbons (Fsp3) is 0.222. The van der Waals surface area contributed by atoms with Gasteiger partial charge < -0.3 is 9.64 Å². The molecule has 0 bridgehead atoms. The van der Waals surface area contributed by atoms with Gasteiger partial charge in [-0.1, -0.05) is 29.8 Å². The lowest BCUT2D eigenvalue weighted by Crippen LogP contribution is -2.37. The topological polar surface area (TPSA) is 92.8 Å². The van der Waals surface area contributed by atoms with Crippen molar-refractivity contribution in [3.63, 3.8) is 0 Å². The number of carbonyl (C=O) groups excluding carboxylic acids is 2. The summed E-state index contributed by atoms with van der Waals surface area (Å²) >= 11 is 5.90. The van der Waals surface area contributed by atoms with Gasteiger partial charge in [-0.2, -0.15) is 0 Å². The van der Waals surface area contributed by atoms with E-state index in [-0.39, 0.29) is 15.5 Å². The summed E-state index contributed by atoms with van der Waals surface area (Å²) in [7, 11) is -1.04. The first-order valence-electron chi connectivity index (χ1n) is 7.94. The first-order valence-corrected chi connectivity index (χ1v) is 9.80. The fourth-order valence-electron chi connectivity index (χ4n) is 2.28. The largest absolute Gasteiger partial charge is 0.449 e. The minimum Gasteiger partial charge on any atom is -0.449 e. The van der Waals surface area contributed by atoms with Gasteiger partial charge in [0.05, 0.1) is 10.6 Å². The minimum absolute atomic E-state index is 0.0322. The van der Waals surface area contributed by atoms with E-state index in [9.17, 15) is 18.0 Å². The number of sulfonamides is 1. The molecule has 0 aliphatic carbocycles. The molecule has 7 nitrogen and oxygen atoms in total. The maximum absolute atomic E-state index is 12.5. The van der Waals surface area contributed by atoms with Crippen LogP contribution in [0.5, 0.6) is 0 Å². The summed E-state index contributed by atoms with van der Waals surface area (Å²) in [5.74, 6) is -1.26. The third kappa shape index (κ3) is 4.85. The zero-order valence-corrected chi connectivity index (χ0v) is 16.5. The highest BCUT2D eigenvalue weighted by atomic mass is 35.5. The second-order valence-electron chi connectivity index (χ2n) is 5.63. The number of para-hydroxylation sites is 1.